The highest BCUT2D eigenvalue weighted by atomic mass is 32.2. The van der Waals surface area contributed by atoms with Gasteiger partial charge in [0, 0.05) is 23.4 Å². The molecule has 0 aliphatic carbocycles. The van der Waals surface area contributed by atoms with Gasteiger partial charge in [-0.15, -0.1) is 11.8 Å². The monoisotopic (exact) mass is 384 g/mol. The molecule has 1 aliphatic heterocycles. The number of carboxylic acid groups (broad SMARTS) is 1. The van der Waals surface area contributed by atoms with Crippen LogP contribution in [-0.4, -0.2) is 45.5 Å². The van der Waals surface area contributed by atoms with Crippen molar-refractivity contribution < 1.29 is 19.5 Å². The minimum atomic E-state index is -0.859. The second-order valence-corrected chi connectivity index (χ2v) is 7.24. The van der Waals surface area contributed by atoms with Gasteiger partial charge >= 0.3 is 5.97 Å². The first-order valence-corrected chi connectivity index (χ1v) is 9.75. The third-order valence-corrected chi connectivity index (χ3v) is 5.30. The Labute approximate surface area is 161 Å². The van der Waals surface area contributed by atoms with Crippen LogP contribution in [0.5, 0.6) is 0 Å². The van der Waals surface area contributed by atoms with Gasteiger partial charge in [-0.25, -0.2) is 0 Å². The normalized spacial score (nSPS) is 16.1. The predicted molar refractivity (Wildman–Crippen MR) is 105 cm³/mol. The van der Waals surface area contributed by atoms with Gasteiger partial charge in [0.05, 0.1) is 5.88 Å². The summed E-state index contributed by atoms with van der Waals surface area (Å²) in [5, 5.41) is 11.7. The van der Waals surface area contributed by atoms with Crippen LogP contribution in [0.15, 0.2) is 54.6 Å². The lowest BCUT2D eigenvalue weighted by Gasteiger charge is -2.23. The molecule has 1 unspecified atom stereocenters. The van der Waals surface area contributed by atoms with Gasteiger partial charge in [-0.2, -0.15) is 0 Å². The summed E-state index contributed by atoms with van der Waals surface area (Å²) in [7, 11) is 0. The second-order valence-electron chi connectivity index (χ2n) is 6.24. The summed E-state index contributed by atoms with van der Waals surface area (Å²) in [5.41, 5.74) is 2.01. The first-order chi connectivity index (χ1) is 13.0. The predicted octanol–water partition coefficient (Wildman–Crippen LogP) is 2.86. The number of nitrogens with one attached hydrogen (secondary N) is 1. The SMILES string of the molecule is O=C(O)CCc1cccc(NC(=O)C2CSCN2C(=O)c2ccccc2)c1. The van der Waals surface area contributed by atoms with Gasteiger partial charge in [-0.05, 0) is 36.2 Å². The van der Waals surface area contributed by atoms with Gasteiger partial charge in [0.25, 0.3) is 5.91 Å². The van der Waals surface area contributed by atoms with E-state index in [1.54, 1.807) is 59.1 Å². The van der Waals surface area contributed by atoms with Crippen molar-refractivity contribution in [1.82, 2.24) is 4.90 Å². The Kier molecular flexibility index (Phi) is 6.13. The molecule has 0 saturated carbocycles. The highest BCUT2D eigenvalue weighted by Gasteiger charge is 2.35. The van der Waals surface area contributed by atoms with Crippen LogP contribution in [0.25, 0.3) is 0 Å². The van der Waals surface area contributed by atoms with Crippen molar-refractivity contribution in [3.05, 3.63) is 65.7 Å². The summed E-state index contributed by atoms with van der Waals surface area (Å²) in [6.45, 7) is 0. The number of aliphatic carboxylic acids is 1. The van der Waals surface area contributed by atoms with E-state index in [9.17, 15) is 14.4 Å². The molecular formula is C20H20N2O4S. The molecular weight excluding hydrogens is 364 g/mol. The van der Waals surface area contributed by atoms with Gasteiger partial charge in [0.1, 0.15) is 6.04 Å². The van der Waals surface area contributed by atoms with Gasteiger partial charge in [-0.3, -0.25) is 14.4 Å². The number of aryl methyl sites for hydroxylation is 1. The van der Waals surface area contributed by atoms with E-state index >= 15 is 0 Å². The molecule has 1 heterocycles. The lowest BCUT2D eigenvalue weighted by atomic mass is 10.1. The lowest BCUT2D eigenvalue weighted by Crippen LogP contribution is -2.44. The molecule has 6 nitrogen and oxygen atoms in total. The number of carbonyl (C=O) groups excluding carboxylic acids is 2. The maximum atomic E-state index is 12.7. The highest BCUT2D eigenvalue weighted by Crippen LogP contribution is 2.24. The van der Waals surface area contributed by atoms with Gasteiger partial charge in [0.2, 0.25) is 5.91 Å². The Morgan fingerprint density at radius 3 is 2.63 bits per heavy atom. The molecule has 7 heteroatoms. The molecule has 3 rings (SSSR count). The molecule has 0 aromatic heterocycles. The van der Waals surface area contributed by atoms with Crippen molar-refractivity contribution in [3.63, 3.8) is 0 Å². The molecule has 1 atom stereocenters. The van der Waals surface area contributed by atoms with Crippen LogP contribution in [-0.2, 0) is 16.0 Å². The summed E-state index contributed by atoms with van der Waals surface area (Å²) in [5.74, 6) is -0.230. The van der Waals surface area contributed by atoms with Crippen LogP contribution >= 0.6 is 11.8 Å². The number of amides is 2. The molecule has 140 valence electrons. The van der Waals surface area contributed by atoms with Crippen LogP contribution < -0.4 is 5.32 Å². The first kappa shape index (κ1) is 19.0. The molecule has 1 saturated heterocycles. The molecule has 2 aromatic carbocycles. The minimum Gasteiger partial charge on any atom is -0.481 e. The molecule has 1 aliphatic rings. The standard InChI is InChI=1S/C20H20N2O4S/c23-18(24)10-9-14-5-4-8-16(11-14)21-19(25)17-12-27-13-22(17)20(26)15-6-2-1-3-7-15/h1-8,11,17H,9-10,12-13H2,(H,21,25)(H,23,24). The summed E-state index contributed by atoms with van der Waals surface area (Å²) < 4.78 is 0. The zero-order chi connectivity index (χ0) is 19.2. The Morgan fingerprint density at radius 2 is 1.89 bits per heavy atom. The van der Waals surface area contributed by atoms with Crippen LogP contribution in [0.2, 0.25) is 0 Å². The summed E-state index contributed by atoms with van der Waals surface area (Å²) in [6, 6.07) is 15.5. The summed E-state index contributed by atoms with van der Waals surface area (Å²) in [6.07, 6.45) is 0.437. The van der Waals surface area contributed by atoms with Crippen molar-refractivity contribution in [3.8, 4) is 0 Å². The number of nitrogens with zero attached hydrogens (tertiary/aromatic N) is 1. The van der Waals surface area contributed by atoms with E-state index in [0.29, 0.717) is 29.3 Å². The number of anilines is 1. The second kappa shape index (κ2) is 8.73. The Hall–Kier alpha value is -2.80. The van der Waals surface area contributed by atoms with Crippen LogP contribution in [0.1, 0.15) is 22.3 Å². The largest absolute Gasteiger partial charge is 0.481 e. The minimum absolute atomic E-state index is 0.0377. The maximum Gasteiger partial charge on any atom is 0.303 e. The number of hydrogen-bond acceptors (Lipinski definition) is 4. The van der Waals surface area contributed by atoms with E-state index in [0.717, 1.165) is 5.56 Å². The Morgan fingerprint density at radius 1 is 1.11 bits per heavy atom. The molecule has 0 radical (unpaired) electrons. The number of rotatable bonds is 6. The average Bonchev–Trinajstić information content (AvgIpc) is 3.17. The number of carboxylic acids is 1. The fraction of sp³-hybridized carbons (Fsp3) is 0.250. The molecule has 27 heavy (non-hydrogen) atoms. The molecule has 0 spiro atoms. The fourth-order valence-electron chi connectivity index (χ4n) is 2.89. The number of thioether (sulfide) groups is 1. The van der Waals surface area contributed by atoms with Gasteiger partial charge in [0.15, 0.2) is 0 Å². The van der Waals surface area contributed by atoms with Crippen molar-refractivity contribution in [1.29, 1.82) is 0 Å². The Bertz CT molecular complexity index is 841. The van der Waals surface area contributed by atoms with E-state index < -0.39 is 12.0 Å². The zero-order valence-corrected chi connectivity index (χ0v) is 15.4. The van der Waals surface area contributed by atoms with E-state index in [-0.39, 0.29) is 18.2 Å². The quantitative estimate of drug-likeness (QED) is 0.800. The van der Waals surface area contributed by atoms with Crippen LogP contribution in [0.3, 0.4) is 0 Å². The first-order valence-electron chi connectivity index (χ1n) is 8.60. The number of carbonyl (C=O) groups is 3. The molecule has 0 bridgehead atoms. The summed E-state index contributed by atoms with van der Waals surface area (Å²) >= 11 is 1.55. The molecule has 1 fully saturated rings. The van der Waals surface area contributed by atoms with Gasteiger partial charge < -0.3 is 15.3 Å². The third-order valence-electron chi connectivity index (χ3n) is 4.29. The topological polar surface area (TPSA) is 86.7 Å². The molecule has 2 amide bonds. The van der Waals surface area contributed by atoms with E-state index in [1.807, 2.05) is 12.1 Å². The molecule has 2 aromatic rings. The smallest absolute Gasteiger partial charge is 0.303 e. The van der Waals surface area contributed by atoms with E-state index in [1.165, 1.54) is 0 Å². The third kappa shape index (κ3) is 4.89. The fourth-order valence-corrected chi connectivity index (χ4v) is 4.04. The van der Waals surface area contributed by atoms with Crippen molar-refractivity contribution in [2.45, 2.75) is 18.9 Å². The molecule has 2 N–H and O–H groups in total. The van der Waals surface area contributed by atoms with E-state index in [4.69, 9.17) is 5.11 Å². The maximum absolute atomic E-state index is 12.7. The zero-order valence-electron chi connectivity index (χ0n) is 14.6. The van der Waals surface area contributed by atoms with Crippen LogP contribution in [0.4, 0.5) is 5.69 Å². The highest BCUT2D eigenvalue weighted by molar-refractivity contribution is 7.99. The van der Waals surface area contributed by atoms with Crippen molar-refractivity contribution >= 4 is 35.2 Å². The Balaban J connectivity index is 1.67. The summed E-state index contributed by atoms with van der Waals surface area (Å²) in [4.78, 5) is 37.7. The lowest BCUT2D eigenvalue weighted by molar-refractivity contribution is -0.137. The average molecular weight is 384 g/mol. The van der Waals surface area contributed by atoms with Gasteiger partial charge in [-0.1, -0.05) is 30.3 Å². The van der Waals surface area contributed by atoms with Crippen molar-refractivity contribution in [2.75, 3.05) is 16.9 Å². The number of hydrogen-bond donors (Lipinski definition) is 2. The van der Waals surface area contributed by atoms with E-state index in [2.05, 4.69) is 5.32 Å². The number of benzene rings is 2. The van der Waals surface area contributed by atoms with Crippen molar-refractivity contribution in [2.24, 2.45) is 0 Å². The van der Waals surface area contributed by atoms with Crippen LogP contribution in [0, 0.1) is 0 Å².